The molecule has 0 heterocycles. The van der Waals surface area contributed by atoms with Crippen LogP contribution < -0.4 is 0 Å². The minimum atomic E-state index is 0.180. The van der Waals surface area contributed by atoms with Crippen LogP contribution in [0.1, 0.15) is 24.3 Å². The molecule has 0 aliphatic carbocycles. The van der Waals surface area contributed by atoms with E-state index in [4.69, 9.17) is 10.2 Å². The fourth-order valence-corrected chi connectivity index (χ4v) is 1.51. The molecule has 0 aliphatic rings. The molecule has 1 rings (SSSR count). The van der Waals surface area contributed by atoms with Crippen molar-refractivity contribution in [2.45, 2.75) is 18.8 Å². The summed E-state index contributed by atoms with van der Waals surface area (Å²) in [5, 5.41) is 17.7. The summed E-state index contributed by atoms with van der Waals surface area (Å²) < 4.78 is 0. The molecule has 13 heavy (non-hydrogen) atoms. The van der Waals surface area contributed by atoms with Crippen LogP contribution in [0.2, 0.25) is 0 Å². The third-order valence-corrected chi connectivity index (χ3v) is 2.23. The van der Waals surface area contributed by atoms with E-state index in [9.17, 15) is 0 Å². The fourth-order valence-electron chi connectivity index (χ4n) is 1.51. The van der Waals surface area contributed by atoms with Crippen molar-refractivity contribution < 1.29 is 10.2 Å². The maximum absolute atomic E-state index is 8.84. The van der Waals surface area contributed by atoms with E-state index in [0.717, 1.165) is 12.8 Å². The summed E-state index contributed by atoms with van der Waals surface area (Å²) in [5.74, 6) is 0.288. The van der Waals surface area contributed by atoms with Gasteiger partial charge in [0, 0.05) is 13.2 Å². The van der Waals surface area contributed by atoms with Crippen LogP contribution in [0.25, 0.3) is 0 Å². The van der Waals surface area contributed by atoms with Crippen molar-refractivity contribution in [3.05, 3.63) is 35.9 Å². The molecule has 0 unspecified atom stereocenters. The average Bonchev–Trinajstić information content (AvgIpc) is 2.19. The van der Waals surface area contributed by atoms with Gasteiger partial charge in [-0.2, -0.15) is 0 Å². The molecule has 0 radical (unpaired) electrons. The van der Waals surface area contributed by atoms with Crippen LogP contribution in [0.3, 0.4) is 0 Å². The van der Waals surface area contributed by atoms with Crippen LogP contribution in [0, 0.1) is 0 Å². The molecule has 72 valence electrons. The van der Waals surface area contributed by atoms with Gasteiger partial charge in [-0.3, -0.25) is 0 Å². The Morgan fingerprint density at radius 2 is 1.46 bits per heavy atom. The van der Waals surface area contributed by atoms with Crippen molar-refractivity contribution in [2.24, 2.45) is 0 Å². The summed E-state index contributed by atoms with van der Waals surface area (Å²) in [4.78, 5) is 0. The largest absolute Gasteiger partial charge is 0.396 e. The zero-order valence-corrected chi connectivity index (χ0v) is 7.69. The lowest BCUT2D eigenvalue weighted by Gasteiger charge is -2.14. The highest BCUT2D eigenvalue weighted by Gasteiger charge is 2.09. The third kappa shape index (κ3) is 3.17. The molecule has 1 aromatic rings. The standard InChI is InChI=1S/C11H16O2/c12-8-6-11(7-9-13)10-4-2-1-3-5-10/h1-5,11-13H,6-9H2. The van der Waals surface area contributed by atoms with Gasteiger partial charge in [-0.15, -0.1) is 0 Å². The summed E-state index contributed by atoms with van der Waals surface area (Å²) in [6, 6.07) is 10.0. The highest BCUT2D eigenvalue weighted by molar-refractivity contribution is 5.19. The van der Waals surface area contributed by atoms with Gasteiger partial charge in [0.1, 0.15) is 0 Å². The Kier molecular flexibility index (Phi) is 4.50. The number of rotatable bonds is 5. The van der Waals surface area contributed by atoms with E-state index in [0.29, 0.717) is 0 Å². The SMILES string of the molecule is OCCC(CCO)c1ccccc1. The Bertz CT molecular complexity index is 215. The van der Waals surface area contributed by atoms with Crippen molar-refractivity contribution in [3.8, 4) is 0 Å². The first-order chi connectivity index (χ1) is 6.38. The van der Waals surface area contributed by atoms with Crippen LogP contribution in [-0.4, -0.2) is 23.4 Å². The van der Waals surface area contributed by atoms with Gasteiger partial charge in [0.25, 0.3) is 0 Å². The van der Waals surface area contributed by atoms with Gasteiger partial charge in [0.2, 0.25) is 0 Å². The summed E-state index contributed by atoms with van der Waals surface area (Å²) in [6.45, 7) is 0.360. The lowest BCUT2D eigenvalue weighted by atomic mass is 9.93. The Hall–Kier alpha value is -0.860. The van der Waals surface area contributed by atoms with Crippen molar-refractivity contribution in [2.75, 3.05) is 13.2 Å². The third-order valence-electron chi connectivity index (χ3n) is 2.23. The molecule has 0 aromatic heterocycles. The molecule has 0 aliphatic heterocycles. The predicted molar refractivity (Wildman–Crippen MR) is 52.6 cm³/mol. The van der Waals surface area contributed by atoms with E-state index < -0.39 is 0 Å². The summed E-state index contributed by atoms with van der Waals surface area (Å²) in [6.07, 6.45) is 1.45. The second-order valence-electron chi connectivity index (χ2n) is 3.13. The normalized spacial score (nSPS) is 10.7. The summed E-state index contributed by atoms with van der Waals surface area (Å²) >= 11 is 0. The molecule has 0 amide bonds. The highest BCUT2D eigenvalue weighted by atomic mass is 16.3. The molecular formula is C11H16O2. The van der Waals surface area contributed by atoms with Crippen molar-refractivity contribution in [1.82, 2.24) is 0 Å². The molecular weight excluding hydrogens is 164 g/mol. The van der Waals surface area contributed by atoms with Crippen molar-refractivity contribution >= 4 is 0 Å². The highest BCUT2D eigenvalue weighted by Crippen LogP contribution is 2.22. The van der Waals surface area contributed by atoms with Gasteiger partial charge >= 0.3 is 0 Å². The number of aliphatic hydroxyl groups is 2. The first-order valence-electron chi connectivity index (χ1n) is 4.65. The second kappa shape index (κ2) is 5.73. The van der Waals surface area contributed by atoms with Crippen molar-refractivity contribution in [1.29, 1.82) is 0 Å². The molecule has 1 aromatic carbocycles. The topological polar surface area (TPSA) is 40.5 Å². The number of aliphatic hydroxyl groups excluding tert-OH is 2. The number of benzene rings is 1. The van der Waals surface area contributed by atoms with Gasteiger partial charge in [-0.25, -0.2) is 0 Å². The van der Waals surface area contributed by atoms with Gasteiger partial charge in [0.05, 0.1) is 0 Å². The van der Waals surface area contributed by atoms with Gasteiger partial charge < -0.3 is 10.2 Å². The van der Waals surface area contributed by atoms with Crippen LogP contribution in [0.5, 0.6) is 0 Å². The second-order valence-corrected chi connectivity index (χ2v) is 3.13. The monoisotopic (exact) mass is 180 g/mol. The molecule has 0 saturated heterocycles. The summed E-state index contributed by atoms with van der Waals surface area (Å²) in [5.41, 5.74) is 1.20. The Labute approximate surface area is 78.8 Å². The van der Waals surface area contributed by atoms with E-state index in [1.165, 1.54) is 5.56 Å². The Morgan fingerprint density at radius 3 is 1.92 bits per heavy atom. The molecule has 0 fully saturated rings. The molecule has 0 bridgehead atoms. The van der Waals surface area contributed by atoms with E-state index in [-0.39, 0.29) is 19.1 Å². The van der Waals surface area contributed by atoms with E-state index in [1.807, 2.05) is 30.3 Å². The average molecular weight is 180 g/mol. The molecule has 0 atom stereocenters. The van der Waals surface area contributed by atoms with E-state index in [1.54, 1.807) is 0 Å². The molecule has 0 spiro atoms. The number of hydrogen-bond acceptors (Lipinski definition) is 2. The van der Waals surface area contributed by atoms with Crippen LogP contribution >= 0.6 is 0 Å². The predicted octanol–water partition coefficient (Wildman–Crippen LogP) is 1.53. The lowest BCUT2D eigenvalue weighted by molar-refractivity contribution is 0.242. The van der Waals surface area contributed by atoms with Gasteiger partial charge in [0.15, 0.2) is 0 Å². The lowest BCUT2D eigenvalue weighted by Crippen LogP contribution is -2.03. The quantitative estimate of drug-likeness (QED) is 0.721. The minimum absolute atomic E-state index is 0.180. The minimum Gasteiger partial charge on any atom is -0.396 e. The molecule has 0 saturated carbocycles. The van der Waals surface area contributed by atoms with E-state index in [2.05, 4.69) is 0 Å². The van der Waals surface area contributed by atoms with Gasteiger partial charge in [-0.05, 0) is 24.3 Å². The first-order valence-corrected chi connectivity index (χ1v) is 4.65. The molecule has 2 nitrogen and oxygen atoms in total. The molecule has 2 heteroatoms. The fraction of sp³-hybridized carbons (Fsp3) is 0.455. The Balaban J connectivity index is 2.64. The van der Waals surface area contributed by atoms with Gasteiger partial charge in [-0.1, -0.05) is 30.3 Å². The first kappa shape index (κ1) is 10.2. The summed E-state index contributed by atoms with van der Waals surface area (Å²) in [7, 11) is 0. The smallest absolute Gasteiger partial charge is 0.0436 e. The van der Waals surface area contributed by atoms with Crippen molar-refractivity contribution in [3.63, 3.8) is 0 Å². The maximum atomic E-state index is 8.84. The Morgan fingerprint density at radius 1 is 0.923 bits per heavy atom. The van der Waals surface area contributed by atoms with Crippen LogP contribution in [0.4, 0.5) is 0 Å². The van der Waals surface area contributed by atoms with E-state index >= 15 is 0 Å². The molecule has 2 N–H and O–H groups in total. The zero-order valence-electron chi connectivity index (χ0n) is 7.69. The van der Waals surface area contributed by atoms with Crippen LogP contribution in [0.15, 0.2) is 30.3 Å². The maximum Gasteiger partial charge on any atom is 0.0436 e. The number of hydrogen-bond donors (Lipinski definition) is 2. The van der Waals surface area contributed by atoms with Crippen LogP contribution in [-0.2, 0) is 0 Å². The zero-order chi connectivity index (χ0) is 9.52.